The molecular formula is C13H10N2O. The molecule has 1 aromatic carbocycles. The molecule has 3 heteroatoms. The molecule has 16 heavy (non-hydrogen) atoms. The van der Waals surface area contributed by atoms with Gasteiger partial charge in [-0.05, 0) is 36.8 Å². The van der Waals surface area contributed by atoms with E-state index in [9.17, 15) is 4.79 Å². The van der Waals surface area contributed by atoms with Crippen molar-refractivity contribution in [2.24, 2.45) is 0 Å². The van der Waals surface area contributed by atoms with Crippen LogP contribution in [0.1, 0.15) is 11.1 Å². The predicted octanol–water partition coefficient (Wildman–Crippen LogP) is 2.02. The summed E-state index contributed by atoms with van der Waals surface area (Å²) in [6, 6.07) is 12.3. The molecule has 0 aliphatic carbocycles. The number of hydrogen-bond acceptors (Lipinski definition) is 2. The zero-order valence-corrected chi connectivity index (χ0v) is 8.84. The lowest BCUT2D eigenvalue weighted by Crippen LogP contribution is -2.16. The number of aromatic nitrogens is 1. The Balaban J connectivity index is 2.55. The van der Waals surface area contributed by atoms with E-state index in [1.165, 1.54) is 6.07 Å². The SMILES string of the molecule is Cc1ccc(=O)n(-c2ccc(C#N)cc2)c1. The third-order valence-electron chi connectivity index (χ3n) is 2.33. The average Bonchev–Trinajstić information content (AvgIpc) is 2.32. The van der Waals surface area contributed by atoms with Crippen molar-refractivity contribution in [3.63, 3.8) is 0 Å². The van der Waals surface area contributed by atoms with Crippen LogP contribution in [0.5, 0.6) is 0 Å². The molecule has 2 aromatic rings. The lowest BCUT2D eigenvalue weighted by molar-refractivity contribution is 0.976. The number of nitrogens with zero attached hydrogens (tertiary/aromatic N) is 2. The molecule has 0 atom stereocenters. The van der Waals surface area contributed by atoms with E-state index in [1.54, 1.807) is 41.1 Å². The van der Waals surface area contributed by atoms with Crippen LogP contribution in [0.15, 0.2) is 47.4 Å². The third kappa shape index (κ3) is 1.86. The smallest absolute Gasteiger partial charge is 0.255 e. The van der Waals surface area contributed by atoms with E-state index in [2.05, 4.69) is 0 Å². The van der Waals surface area contributed by atoms with Gasteiger partial charge in [0.2, 0.25) is 0 Å². The first-order valence-electron chi connectivity index (χ1n) is 4.90. The van der Waals surface area contributed by atoms with E-state index < -0.39 is 0 Å². The minimum absolute atomic E-state index is 0.0738. The highest BCUT2D eigenvalue weighted by Gasteiger charge is 1.99. The van der Waals surface area contributed by atoms with E-state index in [0.29, 0.717) is 5.56 Å². The normalized spacial score (nSPS) is 9.75. The number of rotatable bonds is 1. The lowest BCUT2D eigenvalue weighted by atomic mass is 10.2. The second-order valence-corrected chi connectivity index (χ2v) is 3.57. The van der Waals surface area contributed by atoms with E-state index >= 15 is 0 Å². The molecule has 0 fully saturated rings. The first kappa shape index (κ1) is 10.2. The summed E-state index contributed by atoms with van der Waals surface area (Å²) in [5.74, 6) is 0. The Morgan fingerprint density at radius 2 is 1.81 bits per heavy atom. The van der Waals surface area contributed by atoms with Crippen molar-refractivity contribution in [3.8, 4) is 11.8 Å². The quantitative estimate of drug-likeness (QED) is 0.722. The maximum Gasteiger partial charge on any atom is 0.255 e. The Morgan fingerprint density at radius 3 is 2.44 bits per heavy atom. The number of pyridine rings is 1. The van der Waals surface area contributed by atoms with Gasteiger partial charge in [0.1, 0.15) is 0 Å². The van der Waals surface area contributed by atoms with Crippen molar-refractivity contribution in [1.29, 1.82) is 5.26 Å². The molecule has 0 saturated carbocycles. The van der Waals surface area contributed by atoms with Gasteiger partial charge in [0.15, 0.2) is 0 Å². The molecule has 0 radical (unpaired) electrons. The molecular weight excluding hydrogens is 200 g/mol. The van der Waals surface area contributed by atoms with Crippen LogP contribution >= 0.6 is 0 Å². The minimum Gasteiger partial charge on any atom is -0.284 e. The van der Waals surface area contributed by atoms with Gasteiger partial charge < -0.3 is 0 Å². The minimum atomic E-state index is -0.0738. The fourth-order valence-corrected chi connectivity index (χ4v) is 1.49. The molecule has 0 N–H and O–H groups in total. The Labute approximate surface area is 93.2 Å². The highest BCUT2D eigenvalue weighted by atomic mass is 16.1. The maximum absolute atomic E-state index is 11.6. The zero-order chi connectivity index (χ0) is 11.5. The number of nitriles is 1. The summed E-state index contributed by atoms with van der Waals surface area (Å²) in [4.78, 5) is 11.6. The Bertz CT molecular complexity index is 603. The van der Waals surface area contributed by atoms with Gasteiger partial charge in [-0.3, -0.25) is 9.36 Å². The molecule has 0 aliphatic heterocycles. The van der Waals surface area contributed by atoms with Crippen molar-refractivity contribution < 1.29 is 0 Å². The summed E-state index contributed by atoms with van der Waals surface area (Å²) in [6.07, 6.45) is 1.78. The Hall–Kier alpha value is -2.34. The van der Waals surface area contributed by atoms with Gasteiger partial charge in [-0.1, -0.05) is 6.07 Å². The van der Waals surface area contributed by atoms with Crippen molar-refractivity contribution >= 4 is 0 Å². The molecule has 0 amide bonds. The van der Waals surface area contributed by atoms with Gasteiger partial charge in [-0.25, -0.2) is 0 Å². The van der Waals surface area contributed by atoms with Gasteiger partial charge >= 0.3 is 0 Å². The highest BCUT2D eigenvalue weighted by Crippen LogP contribution is 2.07. The van der Waals surface area contributed by atoms with Crippen LogP contribution in [0.3, 0.4) is 0 Å². The van der Waals surface area contributed by atoms with Crippen LogP contribution in [0.25, 0.3) is 5.69 Å². The van der Waals surface area contributed by atoms with Gasteiger partial charge in [0.25, 0.3) is 5.56 Å². The van der Waals surface area contributed by atoms with Gasteiger partial charge in [0, 0.05) is 18.0 Å². The maximum atomic E-state index is 11.6. The van der Waals surface area contributed by atoms with Crippen LogP contribution in [-0.4, -0.2) is 4.57 Å². The van der Waals surface area contributed by atoms with Crippen molar-refractivity contribution in [2.45, 2.75) is 6.92 Å². The van der Waals surface area contributed by atoms with Crippen LogP contribution in [0.2, 0.25) is 0 Å². The fourth-order valence-electron chi connectivity index (χ4n) is 1.49. The van der Waals surface area contributed by atoms with Crippen LogP contribution in [-0.2, 0) is 0 Å². The van der Waals surface area contributed by atoms with Crippen molar-refractivity contribution in [2.75, 3.05) is 0 Å². The summed E-state index contributed by atoms with van der Waals surface area (Å²) in [5.41, 5.74) is 2.30. The largest absolute Gasteiger partial charge is 0.284 e. The summed E-state index contributed by atoms with van der Waals surface area (Å²) in [7, 11) is 0. The first-order valence-corrected chi connectivity index (χ1v) is 4.90. The molecule has 0 unspecified atom stereocenters. The number of hydrogen-bond donors (Lipinski definition) is 0. The van der Waals surface area contributed by atoms with E-state index in [-0.39, 0.29) is 5.56 Å². The molecule has 0 saturated heterocycles. The monoisotopic (exact) mass is 210 g/mol. The summed E-state index contributed by atoms with van der Waals surface area (Å²) in [6.45, 7) is 1.93. The van der Waals surface area contributed by atoms with Crippen molar-refractivity contribution in [1.82, 2.24) is 4.57 Å². The number of benzene rings is 1. The van der Waals surface area contributed by atoms with Gasteiger partial charge in [0.05, 0.1) is 11.6 Å². The molecule has 0 spiro atoms. The average molecular weight is 210 g/mol. The Morgan fingerprint density at radius 1 is 1.12 bits per heavy atom. The van der Waals surface area contributed by atoms with E-state index in [1.807, 2.05) is 13.0 Å². The second-order valence-electron chi connectivity index (χ2n) is 3.57. The number of aryl methyl sites for hydroxylation is 1. The standard InChI is InChI=1S/C13H10N2O/c1-10-2-7-13(16)15(9-10)12-5-3-11(8-14)4-6-12/h2-7,9H,1H3. The van der Waals surface area contributed by atoms with Crippen molar-refractivity contribution in [3.05, 3.63) is 64.1 Å². The lowest BCUT2D eigenvalue weighted by Gasteiger charge is -2.05. The molecule has 0 bridgehead atoms. The van der Waals surface area contributed by atoms with Gasteiger partial charge in [-0.2, -0.15) is 5.26 Å². The molecule has 1 heterocycles. The second kappa shape index (κ2) is 4.03. The predicted molar refractivity (Wildman–Crippen MR) is 61.5 cm³/mol. The van der Waals surface area contributed by atoms with Crippen LogP contribution in [0, 0.1) is 18.3 Å². The van der Waals surface area contributed by atoms with E-state index in [4.69, 9.17) is 5.26 Å². The summed E-state index contributed by atoms with van der Waals surface area (Å²) < 4.78 is 1.57. The van der Waals surface area contributed by atoms with Crippen LogP contribution < -0.4 is 5.56 Å². The molecule has 3 nitrogen and oxygen atoms in total. The first-order chi connectivity index (χ1) is 7.70. The van der Waals surface area contributed by atoms with Gasteiger partial charge in [-0.15, -0.1) is 0 Å². The molecule has 2 rings (SSSR count). The topological polar surface area (TPSA) is 45.8 Å². The third-order valence-corrected chi connectivity index (χ3v) is 2.33. The highest BCUT2D eigenvalue weighted by molar-refractivity contribution is 5.39. The molecule has 0 aliphatic rings. The molecule has 1 aromatic heterocycles. The Kier molecular flexibility index (Phi) is 2.57. The summed E-state index contributed by atoms with van der Waals surface area (Å²) in [5, 5.41) is 8.68. The summed E-state index contributed by atoms with van der Waals surface area (Å²) >= 11 is 0. The van der Waals surface area contributed by atoms with E-state index in [0.717, 1.165) is 11.3 Å². The zero-order valence-electron chi connectivity index (χ0n) is 8.84. The van der Waals surface area contributed by atoms with Crippen LogP contribution in [0.4, 0.5) is 0 Å². The fraction of sp³-hybridized carbons (Fsp3) is 0.0769. The molecule has 78 valence electrons.